The summed E-state index contributed by atoms with van der Waals surface area (Å²) in [4.78, 5) is 17.1. The minimum atomic E-state index is -0.201. The van der Waals surface area contributed by atoms with Crippen LogP contribution in [0.15, 0.2) is 51.4 Å². The number of phenols is 1. The molecule has 0 saturated carbocycles. The highest BCUT2D eigenvalue weighted by Gasteiger charge is 2.26. The van der Waals surface area contributed by atoms with Crippen LogP contribution in [0.5, 0.6) is 5.75 Å². The number of anilines is 2. The first-order valence-electron chi connectivity index (χ1n) is 8.48. The molecule has 1 aliphatic heterocycles. The average Bonchev–Trinajstić information content (AvgIpc) is 2.64. The second kappa shape index (κ2) is 8.41. The normalized spacial score (nSPS) is 16.3. The molecular weight excluding hydrogens is 462 g/mol. The molecule has 138 valence electrons. The second-order valence-corrected chi connectivity index (χ2v) is 8.10. The van der Waals surface area contributed by atoms with Gasteiger partial charge < -0.3 is 15.3 Å². The van der Waals surface area contributed by atoms with Crippen molar-refractivity contribution in [2.45, 2.75) is 13.0 Å². The monoisotopic (exact) mass is 481 g/mol. The Labute approximate surface area is 170 Å². The molecule has 2 aromatic carbocycles. The summed E-state index contributed by atoms with van der Waals surface area (Å²) in [7, 11) is 0. The number of aromatic hydroxyl groups is 1. The Morgan fingerprint density at radius 2 is 1.73 bits per heavy atom. The molecule has 0 unspecified atom stereocenters. The lowest BCUT2D eigenvalue weighted by Gasteiger charge is -2.38. The maximum absolute atomic E-state index is 12.6. The van der Waals surface area contributed by atoms with Gasteiger partial charge in [0.05, 0.1) is 11.7 Å². The van der Waals surface area contributed by atoms with Crippen molar-refractivity contribution in [3.63, 3.8) is 0 Å². The van der Waals surface area contributed by atoms with E-state index in [1.165, 1.54) is 0 Å². The van der Waals surface area contributed by atoms with Crippen LogP contribution in [-0.4, -0.2) is 48.1 Å². The summed E-state index contributed by atoms with van der Waals surface area (Å²) in [6.07, 6.45) is 0. The van der Waals surface area contributed by atoms with Crippen molar-refractivity contribution >= 4 is 49.1 Å². The summed E-state index contributed by atoms with van der Waals surface area (Å²) in [5.41, 5.74) is 1.87. The van der Waals surface area contributed by atoms with E-state index in [0.717, 1.165) is 46.5 Å². The lowest BCUT2D eigenvalue weighted by molar-refractivity contribution is -0.120. The fraction of sp³-hybridized carbons (Fsp3) is 0.316. The molecule has 3 rings (SSSR count). The maximum Gasteiger partial charge on any atom is 0.241 e. The van der Waals surface area contributed by atoms with E-state index in [9.17, 15) is 9.90 Å². The molecule has 26 heavy (non-hydrogen) atoms. The Morgan fingerprint density at radius 3 is 2.35 bits per heavy atom. The van der Waals surface area contributed by atoms with Gasteiger partial charge in [0, 0.05) is 40.8 Å². The third-order valence-electron chi connectivity index (χ3n) is 4.65. The molecule has 7 heteroatoms. The van der Waals surface area contributed by atoms with Crippen LogP contribution in [0.1, 0.15) is 6.92 Å². The highest BCUT2D eigenvalue weighted by molar-refractivity contribution is 9.11. The number of piperazine rings is 1. The van der Waals surface area contributed by atoms with Crippen molar-refractivity contribution in [1.29, 1.82) is 0 Å². The molecule has 2 aromatic rings. The largest absolute Gasteiger partial charge is 0.508 e. The van der Waals surface area contributed by atoms with Crippen LogP contribution in [0.3, 0.4) is 0 Å². The Hall–Kier alpha value is -1.57. The van der Waals surface area contributed by atoms with Crippen molar-refractivity contribution in [3.05, 3.63) is 51.4 Å². The second-order valence-electron chi connectivity index (χ2n) is 6.33. The zero-order valence-electron chi connectivity index (χ0n) is 14.5. The Kier molecular flexibility index (Phi) is 6.21. The van der Waals surface area contributed by atoms with Gasteiger partial charge in [-0.1, -0.05) is 15.9 Å². The van der Waals surface area contributed by atoms with Gasteiger partial charge in [-0.25, -0.2) is 0 Å². The first-order valence-corrected chi connectivity index (χ1v) is 10.1. The molecule has 0 radical (unpaired) electrons. The summed E-state index contributed by atoms with van der Waals surface area (Å²) in [6, 6.07) is 12.7. The number of hydrogen-bond acceptors (Lipinski definition) is 4. The Bertz CT molecular complexity index is 775. The number of phenolic OH excluding ortho intramolecular Hbond substituents is 1. The zero-order valence-corrected chi connectivity index (χ0v) is 17.6. The number of benzene rings is 2. The molecule has 0 spiro atoms. The zero-order chi connectivity index (χ0) is 18.7. The quantitative estimate of drug-likeness (QED) is 0.689. The summed E-state index contributed by atoms with van der Waals surface area (Å²) < 4.78 is 1.81. The molecule has 1 amide bonds. The van der Waals surface area contributed by atoms with E-state index in [0.29, 0.717) is 0 Å². The Balaban J connectivity index is 1.56. The molecule has 0 aliphatic carbocycles. The van der Waals surface area contributed by atoms with Crippen LogP contribution >= 0.6 is 31.9 Å². The fourth-order valence-electron chi connectivity index (χ4n) is 3.02. The molecule has 1 saturated heterocycles. The van der Waals surface area contributed by atoms with Gasteiger partial charge in [0.2, 0.25) is 5.91 Å². The number of nitrogens with one attached hydrogen (secondary N) is 1. The number of nitrogens with zero attached hydrogens (tertiary/aromatic N) is 2. The molecule has 2 N–H and O–H groups in total. The predicted octanol–water partition coefficient (Wildman–Crippen LogP) is 4.07. The third kappa shape index (κ3) is 4.58. The number of halogens is 2. The van der Waals surface area contributed by atoms with Crippen LogP contribution in [0.4, 0.5) is 11.4 Å². The average molecular weight is 483 g/mol. The van der Waals surface area contributed by atoms with Gasteiger partial charge in [0.25, 0.3) is 0 Å². The van der Waals surface area contributed by atoms with Crippen LogP contribution in [0.2, 0.25) is 0 Å². The van der Waals surface area contributed by atoms with Gasteiger partial charge in [0.1, 0.15) is 5.75 Å². The molecule has 0 bridgehead atoms. The van der Waals surface area contributed by atoms with E-state index in [1.54, 1.807) is 12.1 Å². The van der Waals surface area contributed by atoms with Gasteiger partial charge in [-0.05, 0) is 65.3 Å². The Morgan fingerprint density at radius 1 is 1.08 bits per heavy atom. The van der Waals surface area contributed by atoms with Crippen molar-refractivity contribution in [2.24, 2.45) is 0 Å². The summed E-state index contributed by atoms with van der Waals surface area (Å²) in [5, 5.41) is 12.4. The van der Waals surface area contributed by atoms with E-state index in [1.807, 2.05) is 37.3 Å². The number of carbonyl (C=O) groups is 1. The minimum Gasteiger partial charge on any atom is -0.508 e. The molecule has 1 heterocycles. The minimum absolute atomic E-state index is 0.00824. The fourth-order valence-corrected chi connectivity index (χ4v) is 4.17. The van der Waals surface area contributed by atoms with Crippen molar-refractivity contribution in [3.8, 4) is 5.75 Å². The smallest absolute Gasteiger partial charge is 0.241 e. The summed E-state index contributed by atoms with van der Waals surface area (Å²) in [6.45, 7) is 5.28. The van der Waals surface area contributed by atoms with Crippen molar-refractivity contribution in [2.75, 3.05) is 36.4 Å². The van der Waals surface area contributed by atoms with Gasteiger partial charge in [-0.15, -0.1) is 0 Å². The van der Waals surface area contributed by atoms with Crippen LogP contribution in [-0.2, 0) is 4.79 Å². The van der Waals surface area contributed by atoms with Gasteiger partial charge in [-0.2, -0.15) is 0 Å². The van der Waals surface area contributed by atoms with Crippen LogP contribution in [0.25, 0.3) is 0 Å². The summed E-state index contributed by atoms with van der Waals surface area (Å²) in [5.74, 6) is 0.267. The number of rotatable bonds is 4. The number of hydrogen-bond donors (Lipinski definition) is 2. The van der Waals surface area contributed by atoms with Gasteiger partial charge in [0.15, 0.2) is 0 Å². The van der Waals surface area contributed by atoms with E-state index >= 15 is 0 Å². The van der Waals surface area contributed by atoms with E-state index < -0.39 is 0 Å². The molecule has 5 nitrogen and oxygen atoms in total. The van der Waals surface area contributed by atoms with Crippen LogP contribution in [0, 0.1) is 0 Å². The lowest BCUT2D eigenvalue weighted by Crippen LogP contribution is -2.52. The highest BCUT2D eigenvalue weighted by atomic mass is 79.9. The number of amides is 1. The maximum atomic E-state index is 12.6. The first-order chi connectivity index (χ1) is 12.4. The highest BCUT2D eigenvalue weighted by Crippen LogP contribution is 2.26. The topological polar surface area (TPSA) is 55.8 Å². The van der Waals surface area contributed by atoms with Crippen LogP contribution < -0.4 is 10.2 Å². The van der Waals surface area contributed by atoms with E-state index in [-0.39, 0.29) is 17.7 Å². The van der Waals surface area contributed by atoms with E-state index in [4.69, 9.17) is 0 Å². The molecule has 1 atom stereocenters. The van der Waals surface area contributed by atoms with E-state index in [2.05, 4.69) is 47.0 Å². The standard InChI is InChI=1S/C19H21Br2N3O2/c1-13(19(26)22-18-7-2-14(20)12-17(18)21)23-8-10-24(11-9-23)15-3-5-16(25)6-4-15/h2-7,12-13,25H,8-11H2,1H3,(H,22,26)/t13-/m1/s1. The molecule has 1 fully saturated rings. The summed E-state index contributed by atoms with van der Waals surface area (Å²) >= 11 is 6.89. The predicted molar refractivity (Wildman–Crippen MR) is 112 cm³/mol. The lowest BCUT2D eigenvalue weighted by atomic mass is 10.2. The van der Waals surface area contributed by atoms with Gasteiger partial charge in [-0.3, -0.25) is 9.69 Å². The first kappa shape index (κ1) is 19.2. The van der Waals surface area contributed by atoms with Gasteiger partial charge >= 0.3 is 0 Å². The molecular formula is C19H21Br2N3O2. The third-order valence-corrected chi connectivity index (χ3v) is 5.79. The molecule has 1 aliphatic rings. The number of carbonyl (C=O) groups excluding carboxylic acids is 1. The SMILES string of the molecule is C[C@H](C(=O)Nc1ccc(Br)cc1Br)N1CCN(c2ccc(O)cc2)CC1. The van der Waals surface area contributed by atoms with Crippen molar-refractivity contribution in [1.82, 2.24) is 4.90 Å². The molecule has 0 aromatic heterocycles. The van der Waals surface area contributed by atoms with Crippen molar-refractivity contribution < 1.29 is 9.90 Å².